The molecule has 6 atom stereocenters. The first-order chi connectivity index (χ1) is 24.9. The first kappa shape index (κ1) is 41.1. The van der Waals surface area contributed by atoms with Gasteiger partial charge in [-0.3, -0.25) is 4.79 Å². The van der Waals surface area contributed by atoms with Gasteiger partial charge in [0.1, 0.15) is 28.6 Å². The normalized spacial score (nSPS) is 24.1. The molecule has 16 heteroatoms. The number of hydrogen-bond donors (Lipinski definition) is 2. The summed E-state index contributed by atoms with van der Waals surface area (Å²) in [6, 6.07) is 2.36. The van der Waals surface area contributed by atoms with Crippen molar-refractivity contribution in [2.45, 2.75) is 116 Å². The Bertz CT molecular complexity index is 1780. The van der Waals surface area contributed by atoms with Crippen molar-refractivity contribution in [1.82, 2.24) is 10.6 Å². The van der Waals surface area contributed by atoms with Crippen LogP contribution in [0.15, 0.2) is 18.2 Å². The van der Waals surface area contributed by atoms with Crippen LogP contribution in [0.1, 0.15) is 103 Å². The molecule has 2 aromatic carbocycles. The van der Waals surface area contributed by atoms with Gasteiger partial charge in [-0.05, 0) is 96.6 Å². The summed E-state index contributed by atoms with van der Waals surface area (Å²) in [5, 5.41) is 4.75. The average molecular weight is 765 g/mol. The third-order valence-corrected chi connectivity index (χ3v) is 10.7. The maximum Gasteiger partial charge on any atom is 0.482 e. The third kappa shape index (κ3) is 7.73. The topological polar surface area (TPSA) is 131 Å². The van der Waals surface area contributed by atoms with E-state index < -0.39 is 88.5 Å². The maximum atomic E-state index is 15.6. The number of ether oxygens (including phenoxy) is 4. The summed E-state index contributed by atoms with van der Waals surface area (Å²) in [6.45, 7) is 15.9. The molecule has 11 nitrogen and oxygen atoms in total. The molecule has 2 N–H and O–H groups in total. The standard InChI is InChI=1S/C38H49BF4N2O9/c1-35(2,3)51-33(47)20-14-12-13-18(30(20)49-10)15-23(39-53-22-17-19-16-21(37(19,7)8)38(22,9)54-39)44-32(46)29(45-34(48)52-36(4,5)6)24-25(40)27(42)31(50-11)28(43)26(24)41/h12-14,19,21-23,29H,15-17H2,1-11H3,(H,44,46)(H,45,48)/t19-,21-,22+,23?,29?,38-/m0/s1. The van der Waals surface area contributed by atoms with Gasteiger partial charge >= 0.3 is 19.2 Å². The van der Waals surface area contributed by atoms with Crippen LogP contribution < -0.4 is 20.1 Å². The monoisotopic (exact) mass is 764 g/mol. The van der Waals surface area contributed by atoms with Crippen molar-refractivity contribution in [3.8, 4) is 11.5 Å². The number of nitrogens with one attached hydrogen (secondary N) is 2. The Balaban J connectivity index is 1.58. The molecule has 0 aromatic heterocycles. The first-order valence-corrected chi connectivity index (χ1v) is 17.9. The molecule has 4 fully saturated rings. The van der Waals surface area contributed by atoms with E-state index in [0.717, 1.165) is 13.5 Å². The minimum Gasteiger partial charge on any atom is -0.496 e. The molecule has 6 rings (SSSR count). The fraction of sp³-hybridized carbons (Fsp3) is 0.605. The fourth-order valence-electron chi connectivity index (χ4n) is 8.03. The van der Waals surface area contributed by atoms with Gasteiger partial charge in [-0.1, -0.05) is 26.0 Å². The number of benzene rings is 2. The van der Waals surface area contributed by atoms with Crippen LogP contribution in [0.2, 0.25) is 0 Å². The second-order valence-corrected chi connectivity index (χ2v) is 16.9. The van der Waals surface area contributed by atoms with Crippen molar-refractivity contribution in [3.63, 3.8) is 0 Å². The number of alkyl carbamates (subject to hydrolysis) is 1. The highest BCUT2D eigenvalue weighted by molar-refractivity contribution is 6.48. The van der Waals surface area contributed by atoms with Gasteiger partial charge in [0.25, 0.3) is 0 Å². The van der Waals surface area contributed by atoms with Crippen molar-refractivity contribution in [1.29, 1.82) is 0 Å². The van der Waals surface area contributed by atoms with E-state index in [1.165, 1.54) is 33.9 Å². The van der Waals surface area contributed by atoms with E-state index in [4.69, 9.17) is 23.5 Å². The van der Waals surface area contributed by atoms with Crippen LogP contribution in [0, 0.1) is 40.5 Å². The van der Waals surface area contributed by atoms with Gasteiger partial charge < -0.3 is 38.9 Å². The van der Waals surface area contributed by atoms with E-state index >= 15 is 17.6 Å². The number of methoxy groups -OCH3 is 2. The van der Waals surface area contributed by atoms with Gasteiger partial charge in [-0.15, -0.1) is 0 Å². The van der Waals surface area contributed by atoms with Crippen molar-refractivity contribution in [2.75, 3.05) is 14.2 Å². The van der Waals surface area contributed by atoms with E-state index in [9.17, 15) is 14.4 Å². The minimum atomic E-state index is -2.38. The molecule has 3 aliphatic carbocycles. The lowest BCUT2D eigenvalue weighted by atomic mass is 9.43. The highest BCUT2D eigenvalue weighted by Crippen LogP contribution is 2.65. The Hall–Kier alpha value is -4.05. The van der Waals surface area contributed by atoms with Crippen LogP contribution in [0.25, 0.3) is 0 Å². The number of amides is 2. The molecule has 2 amide bonds. The van der Waals surface area contributed by atoms with Crippen molar-refractivity contribution < 1.29 is 60.2 Å². The molecular formula is C38H49BF4N2O9. The molecule has 1 heterocycles. The van der Waals surface area contributed by atoms with Gasteiger partial charge in [0.05, 0.1) is 37.4 Å². The summed E-state index contributed by atoms with van der Waals surface area (Å²) < 4.78 is 95.6. The lowest BCUT2D eigenvalue weighted by Crippen LogP contribution is -2.65. The molecule has 3 saturated carbocycles. The van der Waals surface area contributed by atoms with Crippen LogP contribution in [0.4, 0.5) is 22.4 Å². The Morgan fingerprint density at radius 2 is 1.46 bits per heavy atom. The van der Waals surface area contributed by atoms with Crippen LogP contribution in [-0.4, -0.2) is 68.2 Å². The SMILES string of the molecule is COc1c(CC(NC(=O)C(NC(=O)OC(C)(C)C)c2c(F)c(F)c(OC)c(F)c2F)B2O[C@@H]3C[C@@H]4C[C@@H](C4(C)C)[C@]3(C)O2)cccc1C(=O)OC(C)(C)C. The largest absolute Gasteiger partial charge is 0.496 e. The van der Waals surface area contributed by atoms with E-state index in [1.807, 2.05) is 6.92 Å². The zero-order valence-electron chi connectivity index (χ0n) is 32.5. The molecular weight excluding hydrogens is 715 g/mol. The molecule has 2 unspecified atom stereocenters. The first-order valence-electron chi connectivity index (χ1n) is 17.9. The number of halogens is 4. The van der Waals surface area contributed by atoms with Gasteiger partial charge in [0, 0.05) is 0 Å². The quantitative estimate of drug-likeness (QED) is 0.117. The number of hydrogen-bond acceptors (Lipinski definition) is 9. The second-order valence-electron chi connectivity index (χ2n) is 16.9. The summed E-state index contributed by atoms with van der Waals surface area (Å²) >= 11 is 0. The summed E-state index contributed by atoms with van der Waals surface area (Å²) in [6.07, 6.45) is -0.239. The molecule has 54 heavy (non-hydrogen) atoms. The second kappa shape index (κ2) is 14.6. The van der Waals surface area contributed by atoms with E-state index in [-0.39, 0.29) is 35.2 Å². The zero-order chi connectivity index (χ0) is 40.3. The molecule has 2 aromatic rings. The lowest BCUT2D eigenvalue weighted by Gasteiger charge is -2.64. The number of carbonyl (C=O) groups is 3. The Morgan fingerprint density at radius 3 is 2.00 bits per heavy atom. The number of esters is 1. The summed E-state index contributed by atoms with van der Waals surface area (Å²) in [4.78, 5) is 40.6. The van der Waals surface area contributed by atoms with E-state index in [2.05, 4.69) is 29.2 Å². The van der Waals surface area contributed by atoms with Crippen molar-refractivity contribution in [2.24, 2.45) is 17.3 Å². The number of rotatable bonds is 10. The van der Waals surface area contributed by atoms with Crippen LogP contribution in [-0.2, 0) is 30.0 Å². The van der Waals surface area contributed by atoms with Crippen molar-refractivity contribution in [3.05, 3.63) is 58.2 Å². The highest BCUT2D eigenvalue weighted by atomic mass is 19.2. The molecule has 1 aliphatic heterocycles. The van der Waals surface area contributed by atoms with Crippen LogP contribution >= 0.6 is 0 Å². The summed E-state index contributed by atoms with van der Waals surface area (Å²) in [5.74, 6) is -11.7. The molecule has 2 bridgehead atoms. The summed E-state index contributed by atoms with van der Waals surface area (Å²) in [7, 11) is 0.993. The number of para-hydroxylation sites is 1. The van der Waals surface area contributed by atoms with Crippen LogP contribution in [0.3, 0.4) is 0 Å². The smallest absolute Gasteiger partial charge is 0.482 e. The molecule has 0 radical (unpaired) electrons. The summed E-state index contributed by atoms with van der Waals surface area (Å²) in [5.41, 5.74) is -3.75. The zero-order valence-corrected chi connectivity index (χ0v) is 32.5. The maximum absolute atomic E-state index is 15.6. The Morgan fingerprint density at radius 1 is 0.870 bits per heavy atom. The predicted octanol–water partition coefficient (Wildman–Crippen LogP) is 6.78. The van der Waals surface area contributed by atoms with Gasteiger partial charge in [-0.2, -0.15) is 8.78 Å². The van der Waals surface area contributed by atoms with Gasteiger partial charge in [0.2, 0.25) is 17.5 Å². The molecule has 1 saturated heterocycles. The Kier molecular flexibility index (Phi) is 11.1. The Labute approximate surface area is 313 Å². The van der Waals surface area contributed by atoms with Gasteiger partial charge in [0.15, 0.2) is 17.4 Å². The average Bonchev–Trinajstić information content (AvgIpc) is 3.42. The minimum absolute atomic E-state index is 0.0484. The van der Waals surface area contributed by atoms with Gasteiger partial charge in [-0.25, -0.2) is 18.4 Å². The van der Waals surface area contributed by atoms with Crippen molar-refractivity contribution >= 4 is 25.1 Å². The molecule has 0 spiro atoms. The van der Waals surface area contributed by atoms with Crippen LogP contribution in [0.5, 0.6) is 11.5 Å². The highest BCUT2D eigenvalue weighted by Gasteiger charge is 2.68. The van der Waals surface area contributed by atoms with E-state index in [0.29, 0.717) is 17.9 Å². The third-order valence-electron chi connectivity index (χ3n) is 10.7. The number of carbonyl (C=O) groups excluding carboxylic acids is 3. The van der Waals surface area contributed by atoms with E-state index in [1.54, 1.807) is 32.9 Å². The fourth-order valence-corrected chi connectivity index (χ4v) is 8.03. The predicted molar refractivity (Wildman–Crippen MR) is 189 cm³/mol. The molecule has 4 aliphatic rings. The molecule has 296 valence electrons. The lowest BCUT2D eigenvalue weighted by molar-refractivity contribution is -0.199.